The quantitative estimate of drug-likeness (QED) is 0.570. The molecule has 3 aromatic rings. The van der Waals surface area contributed by atoms with E-state index < -0.39 is 5.97 Å². The van der Waals surface area contributed by atoms with Crippen molar-refractivity contribution in [2.24, 2.45) is 0 Å². The lowest BCUT2D eigenvalue weighted by Crippen LogP contribution is -1.99. The number of hydrogen-bond acceptors (Lipinski definition) is 6. The molecule has 132 valence electrons. The zero-order valence-electron chi connectivity index (χ0n) is 13.6. The topological polar surface area (TPSA) is 125 Å². The summed E-state index contributed by atoms with van der Waals surface area (Å²) in [4.78, 5) is 11.6. The van der Waals surface area contributed by atoms with Gasteiger partial charge in [-0.2, -0.15) is 5.10 Å². The number of hydrogen-bond donors (Lipinski definition) is 4. The summed E-state index contributed by atoms with van der Waals surface area (Å²) in [7, 11) is 0. The lowest BCUT2D eigenvalue weighted by atomic mass is 9.96. The summed E-state index contributed by atoms with van der Waals surface area (Å²) < 4.78 is 10.6. The van der Waals surface area contributed by atoms with Gasteiger partial charge in [0.25, 0.3) is 0 Å². The molecule has 0 spiro atoms. The molecule has 1 aliphatic rings. The van der Waals surface area contributed by atoms with E-state index in [-0.39, 0.29) is 35.2 Å². The van der Waals surface area contributed by atoms with E-state index in [9.17, 15) is 20.1 Å². The fourth-order valence-electron chi connectivity index (χ4n) is 2.91. The number of phenols is 2. The number of ether oxygens (including phenoxy) is 2. The highest BCUT2D eigenvalue weighted by atomic mass is 16.7. The van der Waals surface area contributed by atoms with E-state index in [1.165, 1.54) is 12.1 Å². The van der Waals surface area contributed by atoms with Gasteiger partial charge in [0.15, 0.2) is 17.2 Å². The largest absolute Gasteiger partial charge is 0.508 e. The number of aromatic amines is 1. The fourth-order valence-corrected chi connectivity index (χ4v) is 2.91. The highest BCUT2D eigenvalue weighted by Gasteiger charge is 2.25. The SMILES string of the molecule is Cc1c(O)ccc(-c2n[nH]c(C(=O)O)c2-c2ccc3c(c2)OCO3)c1O. The zero-order valence-corrected chi connectivity index (χ0v) is 13.6. The Morgan fingerprint density at radius 3 is 2.69 bits per heavy atom. The second-order valence-corrected chi connectivity index (χ2v) is 5.80. The molecule has 1 aromatic heterocycles. The van der Waals surface area contributed by atoms with Crippen molar-refractivity contribution in [3.8, 4) is 45.4 Å². The molecular formula is C18H14N2O6. The van der Waals surface area contributed by atoms with Crippen LogP contribution in [0.15, 0.2) is 30.3 Å². The second-order valence-electron chi connectivity index (χ2n) is 5.80. The number of carbonyl (C=O) groups is 1. The standard InChI is InChI=1S/C18H14N2O6/c1-8-11(21)4-3-10(17(8)22)15-14(16(18(23)24)20-19-15)9-2-5-12-13(6-9)26-7-25-12/h2-6,21-22H,7H2,1H3,(H,19,20)(H,23,24). The van der Waals surface area contributed by atoms with Crippen molar-refractivity contribution in [3.05, 3.63) is 41.6 Å². The number of nitrogens with one attached hydrogen (secondary N) is 1. The number of rotatable bonds is 3. The van der Waals surface area contributed by atoms with Gasteiger partial charge in [-0.05, 0) is 36.8 Å². The lowest BCUT2D eigenvalue weighted by Gasteiger charge is -2.10. The maximum absolute atomic E-state index is 11.6. The van der Waals surface area contributed by atoms with Crippen LogP contribution in [-0.2, 0) is 0 Å². The Morgan fingerprint density at radius 1 is 1.15 bits per heavy atom. The predicted octanol–water partition coefficient (Wildman–Crippen LogP) is 2.89. The number of aromatic carboxylic acids is 1. The Morgan fingerprint density at radius 2 is 1.92 bits per heavy atom. The maximum Gasteiger partial charge on any atom is 0.354 e. The van der Waals surface area contributed by atoms with E-state index in [1.54, 1.807) is 25.1 Å². The molecule has 0 radical (unpaired) electrons. The Hall–Kier alpha value is -3.68. The summed E-state index contributed by atoms with van der Waals surface area (Å²) in [5.41, 5.74) is 1.55. The van der Waals surface area contributed by atoms with Gasteiger partial charge in [-0.15, -0.1) is 0 Å². The minimum absolute atomic E-state index is 0.0649. The molecule has 1 aliphatic heterocycles. The summed E-state index contributed by atoms with van der Waals surface area (Å²) in [6.45, 7) is 1.65. The molecule has 0 fully saturated rings. The molecule has 0 saturated heterocycles. The monoisotopic (exact) mass is 354 g/mol. The van der Waals surface area contributed by atoms with Gasteiger partial charge in [0, 0.05) is 16.7 Å². The van der Waals surface area contributed by atoms with Crippen LogP contribution >= 0.6 is 0 Å². The number of carboxylic acid groups (broad SMARTS) is 1. The summed E-state index contributed by atoms with van der Waals surface area (Å²) >= 11 is 0. The Bertz CT molecular complexity index is 1040. The molecule has 2 aromatic carbocycles. The summed E-state index contributed by atoms with van der Waals surface area (Å²) in [5, 5.41) is 36.3. The van der Waals surface area contributed by atoms with Gasteiger partial charge in [0.05, 0.1) is 0 Å². The van der Waals surface area contributed by atoms with Crippen molar-refractivity contribution in [2.45, 2.75) is 6.92 Å². The maximum atomic E-state index is 11.6. The van der Waals surface area contributed by atoms with Crippen LogP contribution in [0.3, 0.4) is 0 Å². The summed E-state index contributed by atoms with van der Waals surface area (Å²) in [6.07, 6.45) is 0. The minimum atomic E-state index is -1.19. The Balaban J connectivity index is 1.96. The molecule has 0 bridgehead atoms. The number of aromatic nitrogens is 2. The Labute approximate surface area is 147 Å². The van der Waals surface area contributed by atoms with Crippen LogP contribution in [0.1, 0.15) is 16.1 Å². The Kier molecular flexibility index (Phi) is 3.47. The summed E-state index contributed by atoms with van der Waals surface area (Å²) in [6, 6.07) is 7.94. The highest BCUT2D eigenvalue weighted by Crippen LogP contribution is 2.43. The third-order valence-electron chi connectivity index (χ3n) is 4.30. The van der Waals surface area contributed by atoms with Crippen molar-refractivity contribution in [3.63, 3.8) is 0 Å². The average Bonchev–Trinajstić information content (AvgIpc) is 3.25. The number of fused-ring (bicyclic) bond motifs is 1. The normalized spacial score (nSPS) is 12.3. The number of aromatic hydroxyl groups is 2. The average molecular weight is 354 g/mol. The molecule has 0 atom stereocenters. The molecule has 0 unspecified atom stereocenters. The van der Waals surface area contributed by atoms with Crippen LogP contribution in [0.25, 0.3) is 22.4 Å². The molecule has 8 nitrogen and oxygen atoms in total. The van der Waals surface area contributed by atoms with E-state index in [0.717, 1.165) is 0 Å². The first kappa shape index (κ1) is 15.8. The van der Waals surface area contributed by atoms with E-state index in [4.69, 9.17) is 9.47 Å². The van der Waals surface area contributed by atoms with Gasteiger partial charge < -0.3 is 24.8 Å². The van der Waals surface area contributed by atoms with Gasteiger partial charge in [-0.1, -0.05) is 6.07 Å². The van der Waals surface area contributed by atoms with Crippen LogP contribution in [0.4, 0.5) is 0 Å². The molecule has 2 heterocycles. The molecule has 8 heteroatoms. The van der Waals surface area contributed by atoms with Crippen LogP contribution in [0.2, 0.25) is 0 Å². The third-order valence-corrected chi connectivity index (χ3v) is 4.30. The van der Waals surface area contributed by atoms with Crippen molar-refractivity contribution < 1.29 is 29.6 Å². The lowest BCUT2D eigenvalue weighted by molar-refractivity contribution is 0.0691. The first-order chi connectivity index (χ1) is 12.5. The van der Waals surface area contributed by atoms with Crippen molar-refractivity contribution in [1.29, 1.82) is 0 Å². The van der Waals surface area contributed by atoms with Gasteiger partial charge >= 0.3 is 5.97 Å². The smallest absolute Gasteiger partial charge is 0.354 e. The number of phenolic OH excluding ortho intramolecular Hbond substituents is 2. The van der Waals surface area contributed by atoms with Gasteiger partial charge in [-0.25, -0.2) is 4.79 Å². The zero-order chi connectivity index (χ0) is 18.4. The van der Waals surface area contributed by atoms with Crippen LogP contribution in [0, 0.1) is 6.92 Å². The van der Waals surface area contributed by atoms with Crippen molar-refractivity contribution >= 4 is 5.97 Å². The number of nitrogens with zero attached hydrogens (tertiary/aromatic N) is 1. The summed E-state index contributed by atoms with van der Waals surface area (Å²) in [5.74, 6) is -0.359. The minimum Gasteiger partial charge on any atom is -0.508 e. The molecular weight excluding hydrogens is 340 g/mol. The van der Waals surface area contributed by atoms with Crippen LogP contribution < -0.4 is 9.47 Å². The molecule has 4 N–H and O–H groups in total. The van der Waals surface area contributed by atoms with Crippen LogP contribution in [0.5, 0.6) is 23.0 Å². The van der Waals surface area contributed by atoms with Crippen molar-refractivity contribution in [1.82, 2.24) is 10.2 Å². The first-order valence-electron chi connectivity index (χ1n) is 7.71. The van der Waals surface area contributed by atoms with Crippen LogP contribution in [-0.4, -0.2) is 38.3 Å². The van der Waals surface area contributed by atoms with Gasteiger partial charge in [-0.3, -0.25) is 5.10 Å². The highest BCUT2D eigenvalue weighted by molar-refractivity contribution is 6.00. The first-order valence-corrected chi connectivity index (χ1v) is 7.71. The molecule has 0 amide bonds. The van der Waals surface area contributed by atoms with E-state index >= 15 is 0 Å². The van der Waals surface area contributed by atoms with E-state index in [1.807, 2.05) is 0 Å². The number of benzene rings is 2. The predicted molar refractivity (Wildman–Crippen MR) is 90.6 cm³/mol. The molecule has 26 heavy (non-hydrogen) atoms. The van der Waals surface area contributed by atoms with E-state index in [0.29, 0.717) is 28.2 Å². The second kappa shape index (κ2) is 5.69. The molecule has 0 aliphatic carbocycles. The van der Waals surface area contributed by atoms with Gasteiger partial charge in [0.1, 0.15) is 17.2 Å². The third kappa shape index (κ3) is 2.31. The van der Waals surface area contributed by atoms with Gasteiger partial charge in [0.2, 0.25) is 6.79 Å². The molecule has 4 rings (SSSR count). The van der Waals surface area contributed by atoms with E-state index in [2.05, 4.69) is 10.2 Å². The number of carboxylic acids is 1. The molecule has 0 saturated carbocycles. The number of H-pyrrole nitrogens is 1. The fraction of sp³-hybridized carbons (Fsp3) is 0.111. The van der Waals surface area contributed by atoms with Crippen molar-refractivity contribution in [2.75, 3.05) is 6.79 Å².